The molecule has 1 aromatic carbocycles. The number of amides is 1. The van der Waals surface area contributed by atoms with Gasteiger partial charge in [0, 0.05) is 29.6 Å². The zero-order chi connectivity index (χ0) is 25.3. The molecule has 1 amide bonds. The monoisotopic (exact) mass is 511 g/mol. The van der Waals surface area contributed by atoms with Crippen LogP contribution in [0.3, 0.4) is 0 Å². The van der Waals surface area contributed by atoms with E-state index in [0.717, 1.165) is 52.1 Å². The molecule has 0 spiro atoms. The molecule has 2 aromatic heterocycles. The number of aromatic nitrogens is 3. The second-order valence-corrected chi connectivity index (χ2v) is 11.0. The molecule has 8 nitrogen and oxygen atoms in total. The number of aromatic amines is 1. The van der Waals surface area contributed by atoms with E-state index in [1.807, 2.05) is 18.3 Å². The molecule has 3 heterocycles. The zero-order valence-corrected chi connectivity index (χ0v) is 22.0. The summed E-state index contributed by atoms with van der Waals surface area (Å²) < 4.78 is 2.41. The Morgan fingerprint density at radius 1 is 1.22 bits per heavy atom. The van der Waals surface area contributed by atoms with Gasteiger partial charge >= 0.3 is 0 Å². The largest absolute Gasteiger partial charge is 0.361 e. The van der Waals surface area contributed by atoms with Gasteiger partial charge in [-0.3, -0.25) is 14.2 Å². The van der Waals surface area contributed by atoms with Gasteiger partial charge in [0.1, 0.15) is 6.54 Å². The number of anilines is 1. The van der Waals surface area contributed by atoms with Crippen molar-refractivity contribution < 1.29 is 9.28 Å². The van der Waals surface area contributed by atoms with Crippen LogP contribution in [0.15, 0.2) is 29.2 Å². The van der Waals surface area contributed by atoms with Crippen molar-refractivity contribution in [1.82, 2.24) is 19.9 Å². The first-order chi connectivity index (χ1) is 17.3. The van der Waals surface area contributed by atoms with E-state index in [4.69, 9.17) is 11.6 Å². The topological polar surface area (TPSA) is 91.8 Å². The summed E-state index contributed by atoms with van der Waals surface area (Å²) in [5.41, 5.74) is 3.42. The fraction of sp³-hybridized carbons (Fsp3) is 0.519. The lowest BCUT2D eigenvalue weighted by Crippen LogP contribution is -2.55. The lowest BCUT2D eigenvalue weighted by molar-refractivity contribution is -0.931. The van der Waals surface area contributed by atoms with E-state index >= 15 is 0 Å². The molecule has 0 unspecified atom stereocenters. The fourth-order valence-electron chi connectivity index (χ4n) is 5.42. The molecule has 192 valence electrons. The van der Waals surface area contributed by atoms with Crippen molar-refractivity contribution in [3.8, 4) is 0 Å². The molecule has 2 aliphatic rings. The Labute approximate surface area is 216 Å². The first kappa shape index (κ1) is 24.8. The molecule has 0 bridgehead atoms. The standard InChI is InChI=1S/C27H35ClN6O2/c1-18-13-29-23-9-8-21(12-22(18)23)14-30-24(35)15-33-19(2)25(28)32-26(27(33)36)31-17-34(16-20-6-7-20)10-4-3-5-11-34/h8-9,12-13,20,29H,3-7,10-11,14-17H2,1-2H3,(H-,30,31,32,35)/p+1. The van der Waals surface area contributed by atoms with Crippen molar-refractivity contribution in [3.63, 3.8) is 0 Å². The molecule has 2 fully saturated rings. The van der Waals surface area contributed by atoms with E-state index < -0.39 is 0 Å². The van der Waals surface area contributed by atoms with Gasteiger partial charge in [0.25, 0.3) is 5.56 Å². The van der Waals surface area contributed by atoms with E-state index in [-0.39, 0.29) is 29.0 Å². The number of likely N-dealkylation sites (tertiary alicyclic amines) is 1. The normalized spacial score (nSPS) is 17.3. The first-order valence-electron chi connectivity index (χ1n) is 13.0. The predicted molar refractivity (Wildman–Crippen MR) is 143 cm³/mol. The molecule has 1 aliphatic carbocycles. The van der Waals surface area contributed by atoms with Crippen LogP contribution in [0, 0.1) is 19.8 Å². The summed E-state index contributed by atoms with van der Waals surface area (Å²) in [6, 6.07) is 6.08. The summed E-state index contributed by atoms with van der Waals surface area (Å²) in [7, 11) is 0. The Bertz CT molecular complexity index is 1320. The highest BCUT2D eigenvalue weighted by atomic mass is 35.5. The van der Waals surface area contributed by atoms with Crippen LogP contribution in [0.25, 0.3) is 10.9 Å². The molecule has 1 saturated carbocycles. The number of piperidine rings is 1. The van der Waals surface area contributed by atoms with Crippen LogP contribution < -0.4 is 16.2 Å². The van der Waals surface area contributed by atoms with Gasteiger partial charge in [-0.25, -0.2) is 4.98 Å². The van der Waals surface area contributed by atoms with Crippen LogP contribution in [-0.4, -0.2) is 51.2 Å². The number of nitrogens with one attached hydrogen (secondary N) is 3. The van der Waals surface area contributed by atoms with Crippen molar-refractivity contribution in [2.45, 2.75) is 59.0 Å². The van der Waals surface area contributed by atoms with E-state index in [1.165, 1.54) is 36.7 Å². The zero-order valence-electron chi connectivity index (χ0n) is 21.2. The van der Waals surface area contributed by atoms with Crippen molar-refractivity contribution in [2.75, 3.05) is 31.6 Å². The third kappa shape index (κ3) is 5.44. The van der Waals surface area contributed by atoms with Gasteiger partial charge in [-0.1, -0.05) is 17.7 Å². The van der Waals surface area contributed by atoms with E-state index in [2.05, 4.69) is 33.6 Å². The van der Waals surface area contributed by atoms with Gasteiger partial charge in [-0.15, -0.1) is 0 Å². The summed E-state index contributed by atoms with van der Waals surface area (Å²) in [6.45, 7) is 8.16. The van der Waals surface area contributed by atoms with Crippen LogP contribution in [0.1, 0.15) is 48.9 Å². The minimum Gasteiger partial charge on any atom is -0.361 e. The lowest BCUT2D eigenvalue weighted by Gasteiger charge is -2.41. The lowest BCUT2D eigenvalue weighted by atomic mass is 10.1. The molecule has 1 aliphatic heterocycles. The van der Waals surface area contributed by atoms with Gasteiger partial charge in [0.05, 0.1) is 25.3 Å². The van der Waals surface area contributed by atoms with Gasteiger partial charge in [0.2, 0.25) is 5.91 Å². The number of carbonyl (C=O) groups excluding carboxylic acids is 1. The summed E-state index contributed by atoms with van der Waals surface area (Å²) in [6.07, 6.45) is 8.32. The van der Waals surface area contributed by atoms with Crippen molar-refractivity contribution >= 4 is 34.2 Å². The van der Waals surface area contributed by atoms with Crippen LogP contribution in [-0.2, 0) is 17.9 Å². The van der Waals surface area contributed by atoms with Crippen LogP contribution in [0.2, 0.25) is 5.15 Å². The fourth-order valence-corrected chi connectivity index (χ4v) is 5.61. The third-order valence-corrected chi connectivity index (χ3v) is 8.15. The molecule has 9 heteroatoms. The molecule has 5 rings (SSSR count). The van der Waals surface area contributed by atoms with Gasteiger partial charge in [-0.05, 0) is 69.2 Å². The van der Waals surface area contributed by atoms with Crippen molar-refractivity contribution in [3.05, 3.63) is 56.7 Å². The Kier molecular flexibility index (Phi) is 7.08. The summed E-state index contributed by atoms with van der Waals surface area (Å²) >= 11 is 6.41. The van der Waals surface area contributed by atoms with E-state index in [0.29, 0.717) is 18.9 Å². The molecule has 3 aromatic rings. The molecular weight excluding hydrogens is 476 g/mol. The number of rotatable bonds is 9. The number of H-pyrrole nitrogens is 1. The number of halogens is 1. The Hall–Kier alpha value is -2.84. The number of nitrogens with zero attached hydrogens (tertiary/aromatic N) is 3. The minimum atomic E-state index is -0.307. The Balaban J connectivity index is 1.27. The molecule has 36 heavy (non-hydrogen) atoms. The molecular formula is C27H36ClN6O2+. The van der Waals surface area contributed by atoms with Crippen molar-refractivity contribution in [1.29, 1.82) is 0 Å². The smallest absolute Gasteiger partial charge is 0.294 e. The van der Waals surface area contributed by atoms with Gasteiger partial charge in [-0.2, -0.15) is 0 Å². The van der Waals surface area contributed by atoms with E-state index in [1.54, 1.807) is 6.92 Å². The number of benzene rings is 1. The maximum absolute atomic E-state index is 13.3. The number of hydrogen-bond acceptors (Lipinski definition) is 4. The van der Waals surface area contributed by atoms with Crippen LogP contribution >= 0.6 is 11.6 Å². The second-order valence-electron chi connectivity index (χ2n) is 10.7. The molecule has 0 radical (unpaired) electrons. The van der Waals surface area contributed by atoms with Gasteiger partial charge in [0.15, 0.2) is 17.6 Å². The van der Waals surface area contributed by atoms with Gasteiger partial charge < -0.3 is 20.1 Å². The number of carbonyl (C=O) groups is 1. The maximum atomic E-state index is 13.3. The van der Waals surface area contributed by atoms with Crippen LogP contribution in [0.5, 0.6) is 0 Å². The highest BCUT2D eigenvalue weighted by molar-refractivity contribution is 6.30. The van der Waals surface area contributed by atoms with E-state index in [9.17, 15) is 9.59 Å². The van der Waals surface area contributed by atoms with Crippen molar-refractivity contribution in [2.24, 2.45) is 5.92 Å². The number of hydrogen-bond donors (Lipinski definition) is 3. The Morgan fingerprint density at radius 2 is 2.00 bits per heavy atom. The SMILES string of the molecule is Cc1c[nH]c2ccc(CNC(=O)Cn3c(C)c(Cl)nc(NC[N+]4(CC5CC5)CCCCC4)c3=O)cc12. The average Bonchev–Trinajstić information content (AvgIpc) is 3.62. The predicted octanol–water partition coefficient (Wildman–Crippen LogP) is 4.09. The van der Waals surface area contributed by atoms with Crippen LogP contribution in [0.4, 0.5) is 5.82 Å². The second kappa shape index (κ2) is 10.3. The molecule has 0 atom stereocenters. The summed E-state index contributed by atoms with van der Waals surface area (Å²) in [5, 5.41) is 7.65. The minimum absolute atomic E-state index is 0.102. The quantitative estimate of drug-likeness (QED) is 0.377. The number of quaternary nitrogens is 1. The maximum Gasteiger partial charge on any atom is 0.294 e. The average molecular weight is 512 g/mol. The highest BCUT2D eigenvalue weighted by Crippen LogP contribution is 2.34. The Morgan fingerprint density at radius 3 is 2.75 bits per heavy atom. The third-order valence-electron chi connectivity index (χ3n) is 7.79. The summed E-state index contributed by atoms with van der Waals surface area (Å²) in [4.78, 5) is 33.7. The molecule has 3 N–H and O–H groups in total. The highest BCUT2D eigenvalue weighted by Gasteiger charge is 2.37. The summed E-state index contributed by atoms with van der Waals surface area (Å²) in [5.74, 6) is 0.792. The molecule has 1 saturated heterocycles. The number of fused-ring (bicyclic) bond motifs is 1. The first-order valence-corrected chi connectivity index (χ1v) is 13.4. The number of aryl methyl sites for hydroxylation is 1.